The number of rotatable bonds is 5. The molecule has 0 spiro atoms. The first-order valence-corrected chi connectivity index (χ1v) is 9.66. The summed E-state index contributed by atoms with van der Waals surface area (Å²) >= 11 is 3.13. The van der Waals surface area contributed by atoms with E-state index >= 15 is 0 Å². The average Bonchev–Trinajstić information content (AvgIpc) is 3.25. The fourth-order valence-electron chi connectivity index (χ4n) is 2.89. The molecule has 0 saturated heterocycles. The van der Waals surface area contributed by atoms with Crippen LogP contribution in [-0.2, 0) is 6.42 Å². The summed E-state index contributed by atoms with van der Waals surface area (Å²) in [6.45, 7) is 2.01. The maximum Gasteiger partial charge on any atom is 0.160 e. The smallest absolute Gasteiger partial charge is 0.160 e. The van der Waals surface area contributed by atoms with Gasteiger partial charge in [0.15, 0.2) is 6.29 Å². The third kappa shape index (κ3) is 3.11. The van der Waals surface area contributed by atoms with Crippen LogP contribution in [0.15, 0.2) is 35.7 Å². The first kappa shape index (κ1) is 17.4. The lowest BCUT2D eigenvalue weighted by Gasteiger charge is -2.13. The van der Waals surface area contributed by atoms with Crippen LogP contribution in [0, 0.1) is 11.3 Å². The molecule has 3 nitrogen and oxygen atoms in total. The van der Waals surface area contributed by atoms with Crippen molar-refractivity contribution in [2.45, 2.75) is 13.3 Å². The van der Waals surface area contributed by atoms with Crippen molar-refractivity contribution in [2.75, 3.05) is 19.0 Å². The number of benzene rings is 1. The maximum absolute atomic E-state index is 11.5. The topological polar surface area (TPSA) is 44.1 Å². The van der Waals surface area contributed by atoms with Gasteiger partial charge in [-0.15, -0.1) is 22.7 Å². The molecule has 0 aliphatic heterocycles. The van der Waals surface area contributed by atoms with Crippen LogP contribution in [0.5, 0.6) is 0 Å². The van der Waals surface area contributed by atoms with Crippen LogP contribution in [0.2, 0.25) is 0 Å². The zero-order chi connectivity index (χ0) is 18.0. The van der Waals surface area contributed by atoms with Gasteiger partial charge < -0.3 is 4.90 Å². The Bertz CT molecular complexity index is 943. The molecule has 0 N–H and O–H groups in total. The van der Waals surface area contributed by atoms with Crippen LogP contribution in [-0.4, -0.2) is 20.4 Å². The molecular weight excluding hydrogens is 348 g/mol. The highest BCUT2D eigenvalue weighted by Gasteiger charge is 2.18. The van der Waals surface area contributed by atoms with Gasteiger partial charge in [0.2, 0.25) is 0 Å². The molecule has 0 unspecified atom stereocenters. The van der Waals surface area contributed by atoms with E-state index in [9.17, 15) is 10.1 Å². The number of carbonyl (C=O) groups excluding carboxylic acids is 1. The Labute approximate surface area is 155 Å². The van der Waals surface area contributed by atoms with E-state index in [2.05, 4.69) is 34.5 Å². The van der Waals surface area contributed by atoms with Gasteiger partial charge in [-0.05, 0) is 29.0 Å². The van der Waals surface area contributed by atoms with Crippen molar-refractivity contribution < 1.29 is 4.79 Å². The van der Waals surface area contributed by atoms with E-state index in [4.69, 9.17) is 0 Å². The summed E-state index contributed by atoms with van der Waals surface area (Å²) in [5, 5.41) is 11.6. The van der Waals surface area contributed by atoms with Gasteiger partial charge in [-0.1, -0.05) is 31.2 Å². The van der Waals surface area contributed by atoms with E-state index in [1.54, 1.807) is 11.3 Å². The maximum atomic E-state index is 11.5. The summed E-state index contributed by atoms with van der Waals surface area (Å²) in [4.78, 5) is 16.4. The average molecular weight is 367 g/mol. The number of nitrogens with zero attached hydrogens (tertiary/aromatic N) is 2. The Morgan fingerprint density at radius 3 is 2.40 bits per heavy atom. The van der Waals surface area contributed by atoms with Gasteiger partial charge in [-0.2, -0.15) is 5.26 Å². The minimum Gasteiger partial charge on any atom is -0.376 e. The van der Waals surface area contributed by atoms with Crippen molar-refractivity contribution in [3.63, 3.8) is 0 Å². The van der Waals surface area contributed by atoms with Crippen molar-refractivity contribution >= 4 is 34.6 Å². The number of hydrogen-bond acceptors (Lipinski definition) is 5. The lowest BCUT2D eigenvalue weighted by molar-refractivity contribution is 0.112. The number of hydrogen-bond donors (Lipinski definition) is 0. The summed E-state index contributed by atoms with van der Waals surface area (Å²) in [6, 6.07) is 12.5. The van der Waals surface area contributed by atoms with E-state index < -0.39 is 0 Å². The number of carbonyl (C=O) groups is 1. The van der Waals surface area contributed by atoms with Gasteiger partial charge in [0.25, 0.3) is 0 Å². The zero-order valence-electron chi connectivity index (χ0n) is 14.4. The van der Waals surface area contributed by atoms with E-state index in [1.165, 1.54) is 21.9 Å². The molecule has 5 heteroatoms. The Morgan fingerprint density at radius 1 is 1.16 bits per heavy atom. The molecule has 3 rings (SSSR count). The zero-order valence-corrected chi connectivity index (χ0v) is 16.0. The largest absolute Gasteiger partial charge is 0.376 e. The van der Waals surface area contributed by atoms with Gasteiger partial charge in [-0.3, -0.25) is 4.79 Å². The van der Waals surface area contributed by atoms with Crippen LogP contribution in [0.3, 0.4) is 0 Å². The fraction of sp³-hybridized carbons (Fsp3) is 0.200. The highest BCUT2D eigenvalue weighted by molar-refractivity contribution is 7.14. The Hall–Kier alpha value is -2.42. The first-order valence-electron chi connectivity index (χ1n) is 7.97. The molecule has 1 aromatic carbocycles. The third-order valence-corrected chi connectivity index (χ3v) is 6.32. The lowest BCUT2D eigenvalue weighted by Crippen LogP contribution is -2.08. The molecule has 0 radical (unpaired) electrons. The molecule has 0 aliphatic carbocycles. The first-order chi connectivity index (χ1) is 12.1. The van der Waals surface area contributed by atoms with Crippen LogP contribution >= 0.6 is 22.7 Å². The van der Waals surface area contributed by atoms with Crippen molar-refractivity contribution in [2.24, 2.45) is 0 Å². The molecule has 0 aliphatic rings. The van der Waals surface area contributed by atoms with E-state index in [0.717, 1.165) is 34.3 Å². The highest BCUT2D eigenvalue weighted by Crippen LogP contribution is 2.39. The predicted octanol–water partition coefficient (Wildman–Crippen LogP) is 5.46. The van der Waals surface area contributed by atoms with Crippen molar-refractivity contribution in [1.29, 1.82) is 5.26 Å². The Kier molecular flexibility index (Phi) is 5.03. The van der Waals surface area contributed by atoms with Gasteiger partial charge in [0.05, 0.1) is 21.0 Å². The number of aryl methyl sites for hydroxylation is 1. The van der Waals surface area contributed by atoms with Crippen LogP contribution in [0.25, 0.3) is 21.6 Å². The third-order valence-electron chi connectivity index (χ3n) is 4.11. The summed E-state index contributed by atoms with van der Waals surface area (Å²) in [5.41, 5.74) is 4.64. The summed E-state index contributed by atoms with van der Waals surface area (Å²) < 4.78 is 0. The summed E-state index contributed by atoms with van der Waals surface area (Å²) in [7, 11) is 4.07. The highest BCUT2D eigenvalue weighted by atomic mass is 32.1. The number of nitriles is 1. The molecule has 2 aromatic heterocycles. The molecule has 0 amide bonds. The minimum atomic E-state index is 0.631. The van der Waals surface area contributed by atoms with E-state index in [1.807, 2.05) is 33.2 Å². The van der Waals surface area contributed by atoms with Crippen molar-refractivity contribution in [3.8, 4) is 27.6 Å². The molecule has 0 fully saturated rings. The number of anilines is 1. The predicted molar refractivity (Wildman–Crippen MR) is 107 cm³/mol. The normalized spacial score (nSPS) is 10.5. The minimum absolute atomic E-state index is 0.631. The second-order valence-electron chi connectivity index (χ2n) is 5.83. The lowest BCUT2D eigenvalue weighted by atomic mass is 9.99. The molecule has 126 valence electrons. The summed E-state index contributed by atoms with van der Waals surface area (Å²) in [6.07, 6.45) is 1.62. The van der Waals surface area contributed by atoms with Crippen molar-refractivity contribution in [1.82, 2.24) is 0 Å². The molecule has 2 heterocycles. The number of thiophene rings is 2. The quantitative estimate of drug-likeness (QED) is 0.564. The Morgan fingerprint density at radius 2 is 1.84 bits per heavy atom. The van der Waals surface area contributed by atoms with Crippen molar-refractivity contribution in [3.05, 3.63) is 51.0 Å². The van der Waals surface area contributed by atoms with Crippen LogP contribution < -0.4 is 4.90 Å². The van der Waals surface area contributed by atoms with Gasteiger partial charge >= 0.3 is 0 Å². The molecule has 3 aromatic rings. The summed E-state index contributed by atoms with van der Waals surface area (Å²) in [5.74, 6) is 0. The fourth-order valence-corrected chi connectivity index (χ4v) is 4.90. The molecule has 25 heavy (non-hydrogen) atoms. The monoisotopic (exact) mass is 366 g/mol. The molecule has 0 saturated carbocycles. The van der Waals surface area contributed by atoms with E-state index in [-0.39, 0.29) is 0 Å². The van der Waals surface area contributed by atoms with Gasteiger partial charge in [0.1, 0.15) is 6.07 Å². The SMILES string of the molecule is CCc1sc(C=O)c(-c2ccc(-c3sccc3N(C)C)cc2)c1C#N. The molecule has 0 atom stereocenters. The second-order valence-corrected chi connectivity index (χ2v) is 7.88. The number of aldehydes is 1. The molecular formula is C20H18N2OS2. The molecule has 0 bridgehead atoms. The van der Waals surface area contributed by atoms with Crippen LogP contribution in [0.1, 0.15) is 27.0 Å². The van der Waals surface area contributed by atoms with Gasteiger partial charge in [-0.25, -0.2) is 0 Å². The Balaban J connectivity index is 2.07. The van der Waals surface area contributed by atoms with Gasteiger partial charge in [0, 0.05) is 24.5 Å². The standard InChI is InChI=1S/C20H18N2OS2/c1-4-17-15(11-21)19(18(12-23)25-17)13-5-7-14(8-6-13)20-16(22(2)3)9-10-24-20/h5-10,12H,4H2,1-3H3. The van der Waals surface area contributed by atoms with Crippen LogP contribution in [0.4, 0.5) is 5.69 Å². The van der Waals surface area contributed by atoms with E-state index in [0.29, 0.717) is 10.4 Å². The second kappa shape index (κ2) is 7.22.